The van der Waals surface area contributed by atoms with Crippen molar-refractivity contribution >= 4 is 33.4 Å². The summed E-state index contributed by atoms with van der Waals surface area (Å²) in [4.78, 5) is 1.26. The SMILES string of the molecule is N#Cc1cc(Br)ccc1NCCSc1ccccc1. The van der Waals surface area contributed by atoms with Gasteiger partial charge in [0, 0.05) is 21.7 Å². The Hall–Kier alpha value is -1.44. The smallest absolute Gasteiger partial charge is 0.101 e. The molecule has 0 aliphatic carbocycles. The van der Waals surface area contributed by atoms with Crippen LogP contribution in [0.2, 0.25) is 0 Å². The first-order valence-electron chi connectivity index (χ1n) is 5.91. The Labute approximate surface area is 126 Å². The molecule has 0 atom stereocenters. The van der Waals surface area contributed by atoms with Crippen molar-refractivity contribution in [2.45, 2.75) is 4.90 Å². The molecule has 4 heteroatoms. The topological polar surface area (TPSA) is 35.8 Å². The van der Waals surface area contributed by atoms with Gasteiger partial charge in [-0.25, -0.2) is 0 Å². The molecule has 0 aromatic heterocycles. The third kappa shape index (κ3) is 4.30. The van der Waals surface area contributed by atoms with E-state index in [0.29, 0.717) is 5.56 Å². The van der Waals surface area contributed by atoms with E-state index in [2.05, 4.69) is 39.4 Å². The standard InChI is InChI=1S/C15H13BrN2S/c16-13-6-7-15(12(10-13)11-17)18-8-9-19-14-4-2-1-3-5-14/h1-7,10,18H,8-9H2. The Morgan fingerprint density at radius 2 is 1.95 bits per heavy atom. The van der Waals surface area contributed by atoms with Gasteiger partial charge in [0.1, 0.15) is 6.07 Å². The minimum atomic E-state index is 0.666. The molecule has 0 aliphatic heterocycles. The fourth-order valence-corrected chi connectivity index (χ4v) is 2.78. The molecule has 0 saturated carbocycles. The van der Waals surface area contributed by atoms with E-state index in [1.54, 1.807) is 11.8 Å². The summed E-state index contributed by atoms with van der Waals surface area (Å²) in [7, 11) is 0. The number of hydrogen-bond donors (Lipinski definition) is 1. The largest absolute Gasteiger partial charge is 0.383 e. The van der Waals surface area contributed by atoms with E-state index in [4.69, 9.17) is 5.26 Å². The normalized spacial score (nSPS) is 9.89. The molecule has 0 heterocycles. The molecule has 0 spiro atoms. The number of nitrogens with zero attached hydrogens (tertiary/aromatic N) is 1. The highest BCUT2D eigenvalue weighted by Gasteiger charge is 2.01. The maximum absolute atomic E-state index is 9.06. The van der Waals surface area contributed by atoms with Gasteiger partial charge >= 0.3 is 0 Å². The predicted octanol–water partition coefficient (Wildman–Crippen LogP) is 4.52. The van der Waals surface area contributed by atoms with Crippen molar-refractivity contribution in [3.63, 3.8) is 0 Å². The maximum Gasteiger partial charge on any atom is 0.101 e. The molecule has 2 aromatic rings. The predicted molar refractivity (Wildman–Crippen MR) is 84.5 cm³/mol. The molecular formula is C15H13BrN2S. The van der Waals surface area contributed by atoms with Gasteiger partial charge in [-0.05, 0) is 30.3 Å². The number of thioether (sulfide) groups is 1. The summed E-state index contributed by atoms with van der Waals surface area (Å²) in [5.74, 6) is 0.963. The van der Waals surface area contributed by atoms with Crippen molar-refractivity contribution < 1.29 is 0 Å². The number of halogens is 1. The molecule has 0 aliphatic rings. The van der Waals surface area contributed by atoms with Crippen molar-refractivity contribution in [3.05, 3.63) is 58.6 Å². The van der Waals surface area contributed by atoms with E-state index in [9.17, 15) is 0 Å². The molecule has 1 N–H and O–H groups in total. The van der Waals surface area contributed by atoms with Crippen molar-refractivity contribution in [1.29, 1.82) is 5.26 Å². The first-order chi connectivity index (χ1) is 9.29. The molecule has 0 bridgehead atoms. The fourth-order valence-electron chi connectivity index (χ4n) is 1.63. The average Bonchev–Trinajstić information content (AvgIpc) is 2.46. The van der Waals surface area contributed by atoms with Crippen LogP contribution in [-0.2, 0) is 0 Å². The molecule has 2 rings (SSSR count). The zero-order valence-electron chi connectivity index (χ0n) is 10.3. The van der Waals surface area contributed by atoms with Crippen LogP contribution in [0.5, 0.6) is 0 Å². The van der Waals surface area contributed by atoms with Crippen molar-refractivity contribution in [2.75, 3.05) is 17.6 Å². The van der Waals surface area contributed by atoms with Gasteiger partial charge in [-0.3, -0.25) is 0 Å². The molecule has 19 heavy (non-hydrogen) atoms. The minimum Gasteiger partial charge on any atom is -0.383 e. The van der Waals surface area contributed by atoms with Crippen LogP contribution in [0.3, 0.4) is 0 Å². The van der Waals surface area contributed by atoms with Gasteiger partial charge in [0.15, 0.2) is 0 Å². The first-order valence-corrected chi connectivity index (χ1v) is 7.69. The maximum atomic E-state index is 9.06. The van der Waals surface area contributed by atoms with Crippen LogP contribution in [0.4, 0.5) is 5.69 Å². The Morgan fingerprint density at radius 1 is 1.16 bits per heavy atom. The highest BCUT2D eigenvalue weighted by molar-refractivity contribution is 9.10. The molecular weight excluding hydrogens is 320 g/mol. The van der Waals surface area contributed by atoms with Crippen LogP contribution < -0.4 is 5.32 Å². The number of nitrogens with one attached hydrogen (secondary N) is 1. The second-order valence-electron chi connectivity index (χ2n) is 3.89. The molecule has 2 aromatic carbocycles. The van der Waals surface area contributed by atoms with E-state index < -0.39 is 0 Å². The Bertz CT molecular complexity index is 578. The number of rotatable bonds is 5. The van der Waals surface area contributed by atoms with E-state index in [0.717, 1.165) is 22.5 Å². The van der Waals surface area contributed by atoms with Crippen LogP contribution in [0.25, 0.3) is 0 Å². The van der Waals surface area contributed by atoms with E-state index in [-0.39, 0.29) is 0 Å². The quantitative estimate of drug-likeness (QED) is 0.645. The van der Waals surface area contributed by atoms with Crippen LogP contribution >= 0.6 is 27.7 Å². The van der Waals surface area contributed by atoms with Crippen molar-refractivity contribution in [1.82, 2.24) is 0 Å². The Kier molecular flexibility index (Phi) is 5.31. The summed E-state index contributed by atoms with van der Waals surface area (Å²) in [5, 5.41) is 12.4. The van der Waals surface area contributed by atoms with E-state index >= 15 is 0 Å². The molecule has 2 nitrogen and oxygen atoms in total. The number of benzene rings is 2. The van der Waals surface area contributed by atoms with Gasteiger partial charge in [0.25, 0.3) is 0 Å². The lowest BCUT2D eigenvalue weighted by Crippen LogP contribution is -2.05. The highest BCUT2D eigenvalue weighted by Crippen LogP contribution is 2.21. The lowest BCUT2D eigenvalue weighted by Gasteiger charge is -2.08. The van der Waals surface area contributed by atoms with Crippen LogP contribution in [0, 0.1) is 11.3 Å². The molecule has 0 amide bonds. The fraction of sp³-hybridized carbons (Fsp3) is 0.133. The third-order valence-corrected chi connectivity index (χ3v) is 4.04. The van der Waals surface area contributed by atoms with Crippen LogP contribution in [-0.4, -0.2) is 12.3 Å². The van der Waals surface area contributed by atoms with Gasteiger partial charge in [-0.2, -0.15) is 5.26 Å². The van der Waals surface area contributed by atoms with Gasteiger partial charge in [-0.15, -0.1) is 11.8 Å². The third-order valence-electron chi connectivity index (χ3n) is 2.53. The summed E-state index contributed by atoms with van der Waals surface area (Å²) in [6, 6.07) is 18.2. The highest BCUT2D eigenvalue weighted by atomic mass is 79.9. The van der Waals surface area contributed by atoms with Crippen molar-refractivity contribution in [2.24, 2.45) is 0 Å². The Balaban J connectivity index is 1.85. The molecule has 0 saturated heterocycles. The average molecular weight is 333 g/mol. The van der Waals surface area contributed by atoms with Gasteiger partial charge < -0.3 is 5.32 Å². The summed E-state index contributed by atoms with van der Waals surface area (Å²) >= 11 is 5.17. The summed E-state index contributed by atoms with van der Waals surface area (Å²) < 4.78 is 0.924. The summed E-state index contributed by atoms with van der Waals surface area (Å²) in [6.07, 6.45) is 0. The molecule has 0 unspecified atom stereocenters. The van der Waals surface area contributed by atoms with Crippen LogP contribution in [0.15, 0.2) is 57.9 Å². The Morgan fingerprint density at radius 3 is 2.68 bits per heavy atom. The van der Waals surface area contributed by atoms with Gasteiger partial charge in [-0.1, -0.05) is 34.1 Å². The van der Waals surface area contributed by atoms with E-state index in [1.165, 1.54) is 4.90 Å². The number of anilines is 1. The van der Waals surface area contributed by atoms with E-state index in [1.807, 2.05) is 36.4 Å². The number of hydrogen-bond acceptors (Lipinski definition) is 3. The zero-order chi connectivity index (χ0) is 13.5. The molecule has 0 radical (unpaired) electrons. The van der Waals surface area contributed by atoms with Gasteiger partial charge in [0.05, 0.1) is 11.3 Å². The lowest BCUT2D eigenvalue weighted by atomic mass is 10.2. The van der Waals surface area contributed by atoms with Crippen LogP contribution in [0.1, 0.15) is 5.56 Å². The second-order valence-corrected chi connectivity index (χ2v) is 5.97. The zero-order valence-corrected chi connectivity index (χ0v) is 12.7. The monoisotopic (exact) mass is 332 g/mol. The lowest BCUT2D eigenvalue weighted by molar-refractivity contribution is 1.22. The minimum absolute atomic E-state index is 0.666. The summed E-state index contributed by atoms with van der Waals surface area (Å²) in [5.41, 5.74) is 1.55. The summed E-state index contributed by atoms with van der Waals surface area (Å²) in [6.45, 7) is 0.829. The van der Waals surface area contributed by atoms with Crippen molar-refractivity contribution in [3.8, 4) is 6.07 Å². The number of nitriles is 1. The second kappa shape index (κ2) is 7.22. The molecule has 0 fully saturated rings. The molecule has 96 valence electrons. The first kappa shape index (κ1) is 14.0. The van der Waals surface area contributed by atoms with Gasteiger partial charge in [0.2, 0.25) is 0 Å².